The van der Waals surface area contributed by atoms with Crippen molar-refractivity contribution in [1.82, 2.24) is 9.47 Å². The molecule has 0 amide bonds. The summed E-state index contributed by atoms with van der Waals surface area (Å²) in [5.74, 6) is 0. The Bertz CT molecular complexity index is 626. The van der Waals surface area contributed by atoms with Crippen LogP contribution in [0.5, 0.6) is 0 Å². The van der Waals surface area contributed by atoms with Crippen molar-refractivity contribution in [2.45, 2.75) is 57.9 Å². The number of aryl methyl sites for hydroxylation is 2. The van der Waals surface area contributed by atoms with Crippen LogP contribution in [0.1, 0.15) is 50.8 Å². The average Bonchev–Trinajstić information content (AvgIpc) is 2.87. The van der Waals surface area contributed by atoms with Gasteiger partial charge in [0.2, 0.25) is 0 Å². The van der Waals surface area contributed by atoms with Crippen LogP contribution in [0.25, 0.3) is 10.9 Å². The van der Waals surface area contributed by atoms with Gasteiger partial charge in [-0.25, -0.2) is 0 Å². The van der Waals surface area contributed by atoms with E-state index in [-0.39, 0.29) is 12.4 Å². The van der Waals surface area contributed by atoms with Gasteiger partial charge in [0.25, 0.3) is 0 Å². The van der Waals surface area contributed by atoms with Gasteiger partial charge in [-0.1, -0.05) is 25.1 Å². The van der Waals surface area contributed by atoms with Crippen molar-refractivity contribution in [3.05, 3.63) is 35.5 Å². The molecule has 23 heavy (non-hydrogen) atoms. The third-order valence-corrected chi connectivity index (χ3v) is 5.69. The van der Waals surface area contributed by atoms with Crippen molar-refractivity contribution in [3.63, 3.8) is 0 Å². The summed E-state index contributed by atoms with van der Waals surface area (Å²) in [7, 11) is 4.39. The zero-order chi connectivity index (χ0) is 15.7. The molecule has 1 heterocycles. The lowest BCUT2D eigenvalue weighted by molar-refractivity contribution is 0.261. The SMILES string of the molecule is CCn1c2c(c3ccccc31)CCCC2(CC)CCN(C)C.Cl. The minimum atomic E-state index is 0. The highest BCUT2D eigenvalue weighted by atomic mass is 35.5. The molecular formula is C20H31ClN2. The Morgan fingerprint density at radius 2 is 1.91 bits per heavy atom. The summed E-state index contributed by atoms with van der Waals surface area (Å²) in [6, 6.07) is 9.03. The number of rotatable bonds is 5. The smallest absolute Gasteiger partial charge is 0.0485 e. The zero-order valence-corrected chi connectivity index (χ0v) is 15.9. The van der Waals surface area contributed by atoms with Gasteiger partial charge in [-0.2, -0.15) is 0 Å². The molecule has 2 aromatic rings. The van der Waals surface area contributed by atoms with Crippen molar-refractivity contribution in [3.8, 4) is 0 Å². The number of aromatic nitrogens is 1. The van der Waals surface area contributed by atoms with Crippen molar-refractivity contribution in [2.24, 2.45) is 0 Å². The van der Waals surface area contributed by atoms with Crippen LogP contribution in [0.4, 0.5) is 0 Å². The van der Waals surface area contributed by atoms with Crippen LogP contribution in [-0.2, 0) is 18.4 Å². The summed E-state index contributed by atoms with van der Waals surface area (Å²) in [5.41, 5.74) is 5.11. The van der Waals surface area contributed by atoms with Gasteiger partial charge in [0.15, 0.2) is 0 Å². The van der Waals surface area contributed by atoms with E-state index in [0.29, 0.717) is 5.41 Å². The minimum absolute atomic E-state index is 0. The summed E-state index contributed by atoms with van der Waals surface area (Å²) in [4.78, 5) is 2.34. The molecule has 3 rings (SSSR count). The molecule has 128 valence electrons. The Balaban J connectivity index is 0.00000192. The Kier molecular flexibility index (Phi) is 5.80. The summed E-state index contributed by atoms with van der Waals surface area (Å²) in [6.45, 7) is 6.95. The molecule has 0 radical (unpaired) electrons. The fourth-order valence-corrected chi connectivity index (χ4v) is 4.49. The first-order valence-electron chi connectivity index (χ1n) is 8.88. The van der Waals surface area contributed by atoms with Crippen LogP contribution in [0.2, 0.25) is 0 Å². The van der Waals surface area contributed by atoms with E-state index >= 15 is 0 Å². The van der Waals surface area contributed by atoms with Gasteiger partial charge in [0, 0.05) is 28.6 Å². The van der Waals surface area contributed by atoms with E-state index in [2.05, 4.69) is 61.7 Å². The second kappa shape index (κ2) is 7.27. The van der Waals surface area contributed by atoms with E-state index in [9.17, 15) is 0 Å². The van der Waals surface area contributed by atoms with Gasteiger partial charge in [0.1, 0.15) is 0 Å². The quantitative estimate of drug-likeness (QED) is 0.745. The summed E-state index contributed by atoms with van der Waals surface area (Å²) < 4.78 is 2.61. The molecule has 1 atom stereocenters. The number of para-hydroxylation sites is 1. The molecule has 0 saturated carbocycles. The Morgan fingerprint density at radius 1 is 1.17 bits per heavy atom. The van der Waals surface area contributed by atoms with Crippen LogP contribution in [0.3, 0.4) is 0 Å². The topological polar surface area (TPSA) is 8.17 Å². The molecule has 1 aliphatic rings. The second-order valence-electron chi connectivity index (χ2n) is 7.13. The van der Waals surface area contributed by atoms with Gasteiger partial charge in [0.05, 0.1) is 0 Å². The summed E-state index contributed by atoms with van der Waals surface area (Å²) in [6.07, 6.45) is 6.48. The Morgan fingerprint density at radius 3 is 2.57 bits per heavy atom. The van der Waals surface area contributed by atoms with Crippen LogP contribution >= 0.6 is 12.4 Å². The number of halogens is 1. The van der Waals surface area contributed by atoms with Crippen molar-refractivity contribution >= 4 is 23.3 Å². The molecule has 0 N–H and O–H groups in total. The molecule has 1 unspecified atom stereocenters. The molecule has 3 heteroatoms. The summed E-state index contributed by atoms with van der Waals surface area (Å²) in [5, 5.41) is 1.50. The van der Waals surface area contributed by atoms with Gasteiger partial charge in [-0.15, -0.1) is 12.4 Å². The zero-order valence-electron chi connectivity index (χ0n) is 15.1. The molecule has 0 bridgehead atoms. The number of benzene rings is 1. The van der Waals surface area contributed by atoms with Gasteiger partial charge >= 0.3 is 0 Å². The first kappa shape index (κ1) is 18.4. The number of hydrogen-bond donors (Lipinski definition) is 0. The highest BCUT2D eigenvalue weighted by Crippen LogP contribution is 2.46. The first-order valence-corrected chi connectivity index (χ1v) is 8.88. The molecule has 1 aromatic heterocycles. The van der Waals surface area contributed by atoms with Crippen LogP contribution in [0, 0.1) is 0 Å². The van der Waals surface area contributed by atoms with Crippen LogP contribution in [-0.4, -0.2) is 30.1 Å². The monoisotopic (exact) mass is 334 g/mol. The normalized spacial score (nSPS) is 20.6. The van der Waals surface area contributed by atoms with Crippen molar-refractivity contribution in [1.29, 1.82) is 0 Å². The maximum atomic E-state index is 2.61. The lowest BCUT2D eigenvalue weighted by Gasteiger charge is -2.39. The van der Waals surface area contributed by atoms with Crippen LogP contribution in [0.15, 0.2) is 24.3 Å². The lowest BCUT2D eigenvalue weighted by atomic mass is 9.69. The van der Waals surface area contributed by atoms with E-state index in [1.165, 1.54) is 49.6 Å². The molecule has 0 spiro atoms. The number of hydrogen-bond acceptors (Lipinski definition) is 1. The van der Waals surface area contributed by atoms with E-state index in [4.69, 9.17) is 0 Å². The minimum Gasteiger partial charge on any atom is -0.344 e. The van der Waals surface area contributed by atoms with E-state index in [1.54, 1.807) is 11.3 Å². The molecular weight excluding hydrogens is 304 g/mol. The number of nitrogens with zero attached hydrogens (tertiary/aromatic N) is 2. The third kappa shape index (κ3) is 3.04. The average molecular weight is 335 g/mol. The lowest BCUT2D eigenvalue weighted by Crippen LogP contribution is -2.35. The Hall–Kier alpha value is -0.990. The maximum Gasteiger partial charge on any atom is 0.0485 e. The molecule has 0 saturated heterocycles. The first-order chi connectivity index (χ1) is 10.6. The van der Waals surface area contributed by atoms with Crippen LogP contribution < -0.4 is 0 Å². The highest BCUT2D eigenvalue weighted by molar-refractivity contribution is 5.86. The van der Waals surface area contributed by atoms with Gasteiger partial charge in [-0.3, -0.25) is 0 Å². The fraction of sp³-hybridized carbons (Fsp3) is 0.600. The van der Waals surface area contributed by atoms with Gasteiger partial charge < -0.3 is 9.47 Å². The predicted molar refractivity (Wildman–Crippen MR) is 103 cm³/mol. The Labute approximate surface area is 147 Å². The number of fused-ring (bicyclic) bond motifs is 3. The fourth-order valence-electron chi connectivity index (χ4n) is 4.49. The van der Waals surface area contributed by atoms with E-state index in [1.807, 2.05) is 0 Å². The van der Waals surface area contributed by atoms with E-state index in [0.717, 1.165) is 6.54 Å². The second-order valence-corrected chi connectivity index (χ2v) is 7.13. The molecule has 0 fully saturated rings. The third-order valence-electron chi connectivity index (χ3n) is 5.69. The van der Waals surface area contributed by atoms with Crippen molar-refractivity contribution < 1.29 is 0 Å². The van der Waals surface area contributed by atoms with Gasteiger partial charge in [-0.05, 0) is 71.3 Å². The predicted octanol–water partition coefficient (Wildman–Crippen LogP) is 5.02. The largest absolute Gasteiger partial charge is 0.344 e. The summed E-state index contributed by atoms with van der Waals surface area (Å²) >= 11 is 0. The molecule has 2 nitrogen and oxygen atoms in total. The standard InChI is InChI=1S/C20H30N2.ClH/c1-5-20(14-15-21(3)4)13-9-11-17-16-10-7-8-12-18(16)22(6-2)19(17)20;/h7-8,10,12H,5-6,9,11,13-15H2,1-4H3;1H. The van der Waals surface area contributed by atoms with Crippen molar-refractivity contribution in [2.75, 3.05) is 20.6 Å². The maximum absolute atomic E-state index is 2.61. The van der Waals surface area contributed by atoms with E-state index < -0.39 is 0 Å². The molecule has 1 aromatic carbocycles. The highest BCUT2D eigenvalue weighted by Gasteiger charge is 2.38. The molecule has 1 aliphatic carbocycles. The molecule has 0 aliphatic heterocycles.